The molecule has 0 aromatic rings. The average Bonchev–Trinajstić information content (AvgIpc) is 3.04. The van der Waals surface area contributed by atoms with Crippen molar-refractivity contribution in [3.05, 3.63) is 0 Å². The molecule has 8 atom stereocenters. The fourth-order valence-corrected chi connectivity index (χ4v) is 10.3. The lowest BCUT2D eigenvalue weighted by atomic mass is 9.63. The highest BCUT2D eigenvalue weighted by Gasteiger charge is 2.47. The van der Waals surface area contributed by atoms with Crippen LogP contribution in [0.4, 0.5) is 17.6 Å². The fraction of sp³-hybridized carbons (Fsp3) is 1.00. The molecule has 44 heavy (non-hydrogen) atoms. The molecule has 0 radical (unpaired) electrons. The lowest BCUT2D eigenvalue weighted by Crippen LogP contribution is -2.45. The van der Waals surface area contributed by atoms with Crippen molar-refractivity contribution in [1.82, 2.24) is 0 Å². The Balaban J connectivity index is 1.11. The lowest BCUT2D eigenvalue weighted by molar-refractivity contribution is -0.0375. The summed E-state index contributed by atoms with van der Waals surface area (Å²) >= 11 is 0. The van der Waals surface area contributed by atoms with Crippen LogP contribution in [-0.4, -0.2) is 24.7 Å². The first-order valence-corrected chi connectivity index (χ1v) is 20.0. The maximum absolute atomic E-state index is 15.6. The van der Waals surface area contributed by atoms with Crippen LogP contribution in [0.25, 0.3) is 0 Å². The number of rotatable bonds is 17. The van der Waals surface area contributed by atoms with Crippen molar-refractivity contribution in [2.75, 3.05) is 0 Å². The van der Waals surface area contributed by atoms with E-state index in [9.17, 15) is 0 Å². The van der Waals surface area contributed by atoms with E-state index in [1.807, 2.05) is 0 Å². The second-order valence-corrected chi connectivity index (χ2v) is 16.3. The first kappa shape index (κ1) is 36.6. The van der Waals surface area contributed by atoms with Crippen LogP contribution in [0, 0.1) is 47.3 Å². The van der Waals surface area contributed by atoms with Gasteiger partial charge in [-0.15, -0.1) is 0 Å². The molecule has 4 rings (SSSR count). The topological polar surface area (TPSA) is 0 Å². The summed E-state index contributed by atoms with van der Waals surface area (Å²) in [5.74, 6) is 1.67. The van der Waals surface area contributed by atoms with Crippen LogP contribution in [0.3, 0.4) is 0 Å². The Hall–Kier alpha value is -0.280. The lowest BCUT2D eigenvalue weighted by Gasteiger charge is -2.45. The van der Waals surface area contributed by atoms with Gasteiger partial charge in [-0.05, 0) is 112 Å². The van der Waals surface area contributed by atoms with E-state index < -0.39 is 24.7 Å². The minimum Gasteiger partial charge on any atom is -0.244 e. The Morgan fingerprint density at radius 1 is 0.364 bits per heavy atom. The molecule has 0 amide bonds. The SMILES string of the molecule is CCCCCCCCC1CCC(CCC2CCC(C3CCC(C4CCC(CCCCCC)CC4)C(F)C3F)CC2)C(F)C1F. The smallest absolute Gasteiger partial charge is 0.134 e. The van der Waals surface area contributed by atoms with Crippen LogP contribution in [0.1, 0.15) is 181 Å². The van der Waals surface area contributed by atoms with Crippen molar-refractivity contribution < 1.29 is 17.6 Å². The zero-order chi connectivity index (χ0) is 31.3. The number of unbranched alkanes of at least 4 members (excludes halogenated alkanes) is 8. The summed E-state index contributed by atoms with van der Waals surface area (Å²) in [6.45, 7) is 4.47. The van der Waals surface area contributed by atoms with Gasteiger partial charge in [-0.3, -0.25) is 0 Å². The largest absolute Gasteiger partial charge is 0.244 e. The van der Waals surface area contributed by atoms with Crippen LogP contribution < -0.4 is 0 Å². The van der Waals surface area contributed by atoms with Crippen molar-refractivity contribution in [2.24, 2.45) is 47.3 Å². The summed E-state index contributed by atoms with van der Waals surface area (Å²) in [7, 11) is 0. The molecule has 0 heterocycles. The normalized spacial score (nSPS) is 40.2. The number of alkyl halides is 4. The molecule has 258 valence electrons. The summed E-state index contributed by atoms with van der Waals surface area (Å²) in [5.41, 5.74) is 0. The van der Waals surface area contributed by atoms with Crippen molar-refractivity contribution >= 4 is 0 Å². The van der Waals surface area contributed by atoms with Crippen molar-refractivity contribution in [2.45, 2.75) is 205 Å². The average molecular weight is 627 g/mol. The van der Waals surface area contributed by atoms with E-state index in [0.29, 0.717) is 17.8 Å². The van der Waals surface area contributed by atoms with Crippen LogP contribution in [0.15, 0.2) is 0 Å². The summed E-state index contributed by atoms with van der Waals surface area (Å²) in [6.07, 6.45) is 23.5. The van der Waals surface area contributed by atoms with Gasteiger partial charge in [-0.2, -0.15) is 0 Å². The zero-order valence-corrected chi connectivity index (χ0v) is 28.8. The molecule has 0 bridgehead atoms. The van der Waals surface area contributed by atoms with Crippen LogP contribution >= 0.6 is 0 Å². The standard InChI is InChI=1S/C40H70F4/c1-3-5-7-9-10-12-14-33-25-26-34(38(42)37(33)41)24-19-30-17-22-32(23-18-30)36-28-27-35(39(43)40(36)44)31-20-15-29(16-21-31)13-11-8-6-4-2/h29-40H,3-28H2,1-2H3. The zero-order valence-electron chi connectivity index (χ0n) is 28.8. The second kappa shape index (κ2) is 19.5. The summed E-state index contributed by atoms with van der Waals surface area (Å²) in [4.78, 5) is 0. The van der Waals surface area contributed by atoms with Gasteiger partial charge in [0.25, 0.3) is 0 Å². The van der Waals surface area contributed by atoms with E-state index in [1.54, 1.807) is 0 Å². The number of hydrogen-bond acceptors (Lipinski definition) is 0. The number of halogens is 4. The van der Waals surface area contributed by atoms with Crippen LogP contribution in [0.5, 0.6) is 0 Å². The maximum Gasteiger partial charge on any atom is 0.134 e. The fourth-order valence-electron chi connectivity index (χ4n) is 10.3. The molecule has 4 aliphatic carbocycles. The van der Waals surface area contributed by atoms with Gasteiger partial charge in [0.15, 0.2) is 0 Å². The van der Waals surface area contributed by atoms with Crippen molar-refractivity contribution in [3.8, 4) is 0 Å². The van der Waals surface area contributed by atoms with Gasteiger partial charge in [0.2, 0.25) is 0 Å². The molecular weight excluding hydrogens is 556 g/mol. The van der Waals surface area contributed by atoms with Gasteiger partial charge >= 0.3 is 0 Å². The predicted octanol–water partition coefficient (Wildman–Crippen LogP) is 13.5. The monoisotopic (exact) mass is 627 g/mol. The Morgan fingerprint density at radius 2 is 0.773 bits per heavy atom. The molecule has 0 aromatic carbocycles. The molecular formula is C40H70F4. The van der Waals surface area contributed by atoms with Gasteiger partial charge in [0, 0.05) is 0 Å². The molecule has 0 aromatic heterocycles. The van der Waals surface area contributed by atoms with Gasteiger partial charge in [-0.1, -0.05) is 117 Å². The molecule has 0 saturated heterocycles. The van der Waals surface area contributed by atoms with E-state index >= 15 is 17.6 Å². The highest BCUT2D eigenvalue weighted by molar-refractivity contribution is 4.96. The van der Waals surface area contributed by atoms with Gasteiger partial charge < -0.3 is 0 Å². The third-order valence-corrected chi connectivity index (χ3v) is 13.4. The molecule has 0 N–H and O–H groups in total. The molecule has 0 nitrogen and oxygen atoms in total. The Morgan fingerprint density at radius 3 is 1.30 bits per heavy atom. The first-order valence-electron chi connectivity index (χ1n) is 20.0. The number of hydrogen-bond donors (Lipinski definition) is 0. The van der Waals surface area contributed by atoms with E-state index in [1.165, 1.54) is 70.6 Å². The Labute approximate surface area is 270 Å². The molecule has 0 spiro atoms. The summed E-state index contributed by atoms with van der Waals surface area (Å²) in [5, 5.41) is 0. The molecule has 4 aliphatic rings. The molecule has 4 fully saturated rings. The Bertz CT molecular complexity index is 742. The minimum atomic E-state index is -1.30. The van der Waals surface area contributed by atoms with Crippen molar-refractivity contribution in [3.63, 3.8) is 0 Å². The second-order valence-electron chi connectivity index (χ2n) is 16.3. The Kier molecular flexibility index (Phi) is 16.2. The summed E-state index contributed by atoms with van der Waals surface area (Å²) in [6, 6.07) is 0. The van der Waals surface area contributed by atoms with Crippen molar-refractivity contribution in [1.29, 1.82) is 0 Å². The molecule has 4 heteroatoms. The van der Waals surface area contributed by atoms with E-state index in [-0.39, 0.29) is 23.7 Å². The predicted molar refractivity (Wildman–Crippen MR) is 179 cm³/mol. The maximum atomic E-state index is 15.6. The van der Waals surface area contributed by atoms with E-state index in [0.717, 1.165) is 102 Å². The third kappa shape index (κ3) is 10.6. The molecule has 8 unspecified atom stereocenters. The highest BCUT2D eigenvalue weighted by atomic mass is 19.2. The summed E-state index contributed by atoms with van der Waals surface area (Å²) < 4.78 is 61.4. The molecule has 4 saturated carbocycles. The third-order valence-electron chi connectivity index (χ3n) is 13.4. The van der Waals surface area contributed by atoms with Crippen LogP contribution in [-0.2, 0) is 0 Å². The van der Waals surface area contributed by atoms with Crippen LogP contribution in [0.2, 0.25) is 0 Å². The van der Waals surface area contributed by atoms with Gasteiger partial charge in [-0.25, -0.2) is 17.6 Å². The highest BCUT2D eigenvalue weighted by Crippen LogP contribution is 2.49. The van der Waals surface area contributed by atoms with Gasteiger partial charge in [0.1, 0.15) is 24.7 Å². The van der Waals surface area contributed by atoms with Gasteiger partial charge in [0.05, 0.1) is 0 Å². The minimum absolute atomic E-state index is 0.0625. The van der Waals surface area contributed by atoms with E-state index in [4.69, 9.17) is 0 Å². The molecule has 0 aliphatic heterocycles. The first-order chi connectivity index (χ1) is 21.4. The van der Waals surface area contributed by atoms with E-state index in [2.05, 4.69) is 13.8 Å². The quantitative estimate of drug-likeness (QED) is 0.111.